The number of fused-ring (bicyclic) bond motifs is 5. The maximum atomic E-state index is 13.3. The number of benzene rings is 2. The molecule has 3 rings (SSSR count). The van der Waals surface area contributed by atoms with Gasteiger partial charge in [-0.3, -0.25) is 14.4 Å². The van der Waals surface area contributed by atoms with Crippen LogP contribution >= 0.6 is 0 Å². The van der Waals surface area contributed by atoms with Crippen LogP contribution in [0.2, 0.25) is 0 Å². The fraction of sp³-hybridized carbons (Fsp3) is 0.444. The van der Waals surface area contributed by atoms with E-state index in [-0.39, 0.29) is 30.8 Å². The van der Waals surface area contributed by atoms with E-state index >= 15 is 0 Å². The number of carbonyl (C=O) groups excluding carboxylic acids is 3. The van der Waals surface area contributed by atoms with E-state index in [1.54, 1.807) is 24.3 Å². The van der Waals surface area contributed by atoms with E-state index in [0.29, 0.717) is 55.8 Å². The van der Waals surface area contributed by atoms with Crippen molar-refractivity contribution < 1.29 is 24.6 Å². The largest absolute Gasteiger partial charge is 0.508 e. The van der Waals surface area contributed by atoms with E-state index < -0.39 is 35.8 Å². The Morgan fingerprint density at radius 1 is 0.872 bits per heavy atom. The number of carbonyl (C=O) groups is 3. The van der Waals surface area contributed by atoms with Crippen molar-refractivity contribution in [2.75, 3.05) is 32.7 Å². The van der Waals surface area contributed by atoms with Crippen LogP contribution in [0.15, 0.2) is 36.4 Å². The summed E-state index contributed by atoms with van der Waals surface area (Å²) in [6, 6.07) is 6.84. The summed E-state index contributed by atoms with van der Waals surface area (Å²) in [4.78, 5) is 39.5. The van der Waals surface area contributed by atoms with Crippen molar-refractivity contribution in [1.29, 1.82) is 0 Å². The summed E-state index contributed by atoms with van der Waals surface area (Å²) < 4.78 is 0. The van der Waals surface area contributed by atoms with Crippen molar-refractivity contribution >= 4 is 17.7 Å². The summed E-state index contributed by atoms with van der Waals surface area (Å²) in [5.41, 5.74) is 19.6. The summed E-state index contributed by atoms with van der Waals surface area (Å²) in [6.07, 6.45) is 0.711. The molecule has 3 amide bonds. The van der Waals surface area contributed by atoms with E-state index in [0.717, 1.165) is 5.56 Å². The van der Waals surface area contributed by atoms with Gasteiger partial charge in [0, 0.05) is 39.0 Å². The fourth-order valence-electron chi connectivity index (χ4n) is 4.38. The molecule has 1 aliphatic rings. The normalized spacial score (nSPS) is 19.8. The first-order chi connectivity index (χ1) is 18.7. The molecule has 0 spiro atoms. The Morgan fingerprint density at radius 3 is 2.13 bits per heavy atom. The van der Waals surface area contributed by atoms with Crippen molar-refractivity contribution in [2.45, 2.75) is 43.8 Å². The predicted molar refractivity (Wildman–Crippen MR) is 148 cm³/mol. The molecule has 12 nitrogen and oxygen atoms in total. The van der Waals surface area contributed by atoms with Gasteiger partial charge in [-0.25, -0.2) is 0 Å². The number of hydrogen-bond acceptors (Lipinski definition) is 9. The summed E-state index contributed by atoms with van der Waals surface area (Å²) in [5, 5.41) is 32.3. The second kappa shape index (κ2) is 14.4. The van der Waals surface area contributed by atoms with E-state index in [2.05, 4.69) is 21.3 Å². The third-order valence-electron chi connectivity index (χ3n) is 6.58. The molecule has 2 aromatic rings. The zero-order valence-corrected chi connectivity index (χ0v) is 21.9. The third-order valence-corrected chi connectivity index (χ3v) is 6.58. The highest BCUT2D eigenvalue weighted by Gasteiger charge is 2.29. The van der Waals surface area contributed by atoms with Gasteiger partial charge in [0.1, 0.15) is 23.6 Å². The Labute approximate surface area is 227 Å². The van der Waals surface area contributed by atoms with Crippen LogP contribution in [-0.2, 0) is 27.2 Å². The zero-order chi connectivity index (χ0) is 28.4. The molecule has 1 heterocycles. The lowest BCUT2D eigenvalue weighted by atomic mass is 9.95. The van der Waals surface area contributed by atoms with Crippen LogP contribution in [0.5, 0.6) is 11.5 Å². The summed E-state index contributed by atoms with van der Waals surface area (Å²) >= 11 is 0. The lowest BCUT2D eigenvalue weighted by Crippen LogP contribution is -2.56. The topological polar surface area (TPSA) is 218 Å². The monoisotopic (exact) mass is 541 g/mol. The quantitative estimate of drug-likeness (QED) is 0.170. The van der Waals surface area contributed by atoms with Gasteiger partial charge in [0.25, 0.3) is 0 Å². The molecule has 4 bridgehead atoms. The molecule has 0 saturated heterocycles. The van der Waals surface area contributed by atoms with E-state index in [9.17, 15) is 24.6 Å². The van der Waals surface area contributed by atoms with Gasteiger partial charge >= 0.3 is 0 Å². The van der Waals surface area contributed by atoms with Crippen LogP contribution in [0.1, 0.15) is 24.0 Å². The van der Waals surface area contributed by atoms with E-state index in [1.165, 1.54) is 12.1 Å². The molecule has 0 saturated carbocycles. The standard InChI is InChI=1S/C27H39N7O5/c28-7-1-2-21-27(39)34-22(26(38)32-11-10-31-9-8-29)15-19-13-17(4-6-24(19)36)16-3-5-23(35)18(12-16)14-20(30)25(37)33-21/h3-6,12-13,20-22,31,35-36H,1-2,7-11,14-15,28-30H2,(H,32,38)(H,33,37)(H,34,39)/t20-,21+,22+/m1/s1. The van der Waals surface area contributed by atoms with Crippen LogP contribution in [0.4, 0.5) is 0 Å². The second-order valence-electron chi connectivity index (χ2n) is 9.58. The molecular formula is C27H39N7O5. The molecule has 1 aliphatic heterocycles. The molecular weight excluding hydrogens is 502 g/mol. The average molecular weight is 542 g/mol. The van der Waals surface area contributed by atoms with Gasteiger partial charge in [-0.2, -0.15) is 0 Å². The molecule has 3 atom stereocenters. The van der Waals surface area contributed by atoms with Gasteiger partial charge in [0.05, 0.1) is 6.04 Å². The van der Waals surface area contributed by atoms with Gasteiger partial charge in [0.15, 0.2) is 0 Å². The Hall–Kier alpha value is -3.71. The number of phenols is 2. The van der Waals surface area contributed by atoms with Crippen LogP contribution in [0.25, 0.3) is 11.1 Å². The Kier molecular flexibility index (Phi) is 11.1. The lowest BCUT2D eigenvalue weighted by molar-refractivity contribution is -0.132. The number of rotatable bonds is 9. The summed E-state index contributed by atoms with van der Waals surface area (Å²) in [7, 11) is 0. The van der Waals surface area contributed by atoms with E-state index in [4.69, 9.17) is 17.2 Å². The molecule has 0 unspecified atom stereocenters. The summed E-state index contributed by atoms with van der Waals surface area (Å²) in [6.45, 7) is 2.15. The molecule has 0 fully saturated rings. The van der Waals surface area contributed by atoms with Crippen molar-refractivity contribution in [1.82, 2.24) is 21.3 Å². The van der Waals surface area contributed by atoms with Gasteiger partial charge in [0.2, 0.25) is 17.7 Å². The van der Waals surface area contributed by atoms with Gasteiger partial charge in [-0.1, -0.05) is 12.1 Å². The average Bonchev–Trinajstić information content (AvgIpc) is 2.92. The van der Waals surface area contributed by atoms with Crippen LogP contribution < -0.4 is 38.5 Å². The minimum absolute atomic E-state index is 0.00448. The van der Waals surface area contributed by atoms with Crippen LogP contribution in [0, 0.1) is 0 Å². The Balaban J connectivity index is 2.00. The number of hydrogen-bond donors (Lipinski definition) is 9. The highest BCUT2D eigenvalue weighted by atomic mass is 16.3. The number of amides is 3. The number of aromatic hydroxyl groups is 2. The maximum Gasteiger partial charge on any atom is 0.243 e. The lowest BCUT2D eigenvalue weighted by Gasteiger charge is -2.24. The van der Waals surface area contributed by atoms with Crippen molar-refractivity contribution in [3.63, 3.8) is 0 Å². The zero-order valence-electron chi connectivity index (χ0n) is 21.9. The first-order valence-electron chi connectivity index (χ1n) is 13.1. The number of nitrogens with two attached hydrogens (primary N) is 3. The minimum atomic E-state index is -1.04. The highest BCUT2D eigenvalue weighted by molar-refractivity contribution is 5.93. The van der Waals surface area contributed by atoms with Crippen LogP contribution in [0.3, 0.4) is 0 Å². The van der Waals surface area contributed by atoms with Crippen molar-refractivity contribution in [3.05, 3.63) is 47.5 Å². The maximum absolute atomic E-state index is 13.3. The Bertz CT molecular complexity index is 1160. The molecule has 2 aromatic carbocycles. The van der Waals surface area contributed by atoms with Crippen molar-refractivity contribution in [3.8, 4) is 22.6 Å². The first-order valence-corrected chi connectivity index (χ1v) is 13.1. The molecule has 39 heavy (non-hydrogen) atoms. The fourth-order valence-corrected chi connectivity index (χ4v) is 4.38. The second-order valence-corrected chi connectivity index (χ2v) is 9.58. The predicted octanol–water partition coefficient (Wildman–Crippen LogP) is -1.44. The molecule has 12 N–H and O–H groups in total. The van der Waals surface area contributed by atoms with E-state index in [1.807, 2.05) is 0 Å². The highest BCUT2D eigenvalue weighted by Crippen LogP contribution is 2.30. The van der Waals surface area contributed by atoms with Crippen molar-refractivity contribution in [2.24, 2.45) is 17.2 Å². The SMILES string of the molecule is NCCC[C@@H]1NC(=O)[C@H](N)Cc2cc(ccc2O)-c2ccc(O)c(c2)C[C@@H](C(=O)NCCNCCN)NC1=O. The Morgan fingerprint density at radius 2 is 1.51 bits per heavy atom. The van der Waals surface area contributed by atoms with Gasteiger partial charge in [-0.15, -0.1) is 0 Å². The first kappa shape index (κ1) is 29.8. The van der Waals surface area contributed by atoms with Crippen LogP contribution in [-0.4, -0.2) is 78.8 Å². The smallest absolute Gasteiger partial charge is 0.243 e. The van der Waals surface area contributed by atoms with Gasteiger partial charge in [-0.05, 0) is 65.9 Å². The number of phenolic OH excluding ortho intramolecular Hbond substituents is 2. The summed E-state index contributed by atoms with van der Waals surface area (Å²) in [5.74, 6) is -1.63. The van der Waals surface area contributed by atoms with Gasteiger partial charge < -0.3 is 48.7 Å². The molecule has 0 aliphatic carbocycles. The molecule has 212 valence electrons. The molecule has 0 aromatic heterocycles. The number of nitrogens with one attached hydrogen (secondary N) is 4. The molecule has 12 heteroatoms. The minimum Gasteiger partial charge on any atom is -0.508 e. The molecule has 0 radical (unpaired) electrons. The third kappa shape index (κ3) is 8.39.